The molecule has 1 aliphatic heterocycles. The Balaban J connectivity index is 1.41. The minimum absolute atomic E-state index is 0.114. The van der Waals surface area contributed by atoms with Crippen LogP contribution in [0.4, 0.5) is 5.69 Å². The van der Waals surface area contributed by atoms with E-state index in [4.69, 9.17) is 0 Å². The third-order valence-electron chi connectivity index (χ3n) is 5.06. The highest BCUT2D eigenvalue weighted by molar-refractivity contribution is 6.04. The summed E-state index contributed by atoms with van der Waals surface area (Å²) in [7, 11) is 0. The molecule has 0 fully saturated rings. The normalized spacial score (nSPS) is 15.4. The molecule has 2 amide bonds. The predicted molar refractivity (Wildman–Crippen MR) is 111 cm³/mol. The van der Waals surface area contributed by atoms with Crippen molar-refractivity contribution in [2.45, 2.75) is 26.1 Å². The first-order valence-electron chi connectivity index (χ1n) is 9.63. The smallest absolute Gasteiger partial charge is 0.268 e. The number of carbonyl (C=O) groups is 2. The summed E-state index contributed by atoms with van der Waals surface area (Å²) >= 11 is 0. The van der Waals surface area contributed by atoms with E-state index in [2.05, 4.69) is 32.4 Å². The number of anilines is 1. The van der Waals surface area contributed by atoms with Crippen molar-refractivity contribution >= 4 is 17.5 Å². The second kappa shape index (κ2) is 8.28. The second-order valence-corrected chi connectivity index (χ2v) is 7.04. The predicted octanol–water partition coefficient (Wildman–Crippen LogP) is 2.73. The van der Waals surface area contributed by atoms with Gasteiger partial charge in [0.15, 0.2) is 0 Å². The van der Waals surface area contributed by atoms with Gasteiger partial charge in [-0.25, -0.2) is 0 Å². The molecule has 0 aliphatic carbocycles. The molecule has 148 valence electrons. The fraction of sp³-hybridized carbons (Fsp3) is 0.227. The number of fused-ring (bicyclic) bond motifs is 1. The molecule has 1 atom stereocenters. The van der Waals surface area contributed by atoms with Gasteiger partial charge in [-0.3, -0.25) is 14.6 Å². The van der Waals surface area contributed by atoms with Crippen LogP contribution in [0.5, 0.6) is 0 Å². The van der Waals surface area contributed by atoms with Crippen LogP contribution in [0.3, 0.4) is 0 Å². The molecule has 29 heavy (non-hydrogen) atoms. The molecule has 0 spiro atoms. The zero-order valence-electron chi connectivity index (χ0n) is 16.2. The lowest BCUT2D eigenvalue weighted by Crippen LogP contribution is -2.34. The van der Waals surface area contributed by atoms with Crippen LogP contribution in [0, 0.1) is 0 Å². The summed E-state index contributed by atoms with van der Waals surface area (Å²) in [5.41, 5.74) is 3.87. The van der Waals surface area contributed by atoms with Crippen LogP contribution in [0.15, 0.2) is 60.9 Å². The highest BCUT2D eigenvalue weighted by Crippen LogP contribution is 2.20. The van der Waals surface area contributed by atoms with E-state index in [1.54, 1.807) is 36.7 Å². The number of aromatic nitrogens is 2. The molecular formula is C22H23N5O2. The number of rotatable bonds is 5. The lowest BCUT2D eigenvalue weighted by Gasteiger charge is -2.24. The molecule has 1 aliphatic rings. The van der Waals surface area contributed by atoms with Gasteiger partial charge in [0.25, 0.3) is 11.8 Å². The first kappa shape index (κ1) is 18.9. The molecule has 7 nitrogen and oxygen atoms in total. The van der Waals surface area contributed by atoms with E-state index in [-0.39, 0.29) is 17.9 Å². The Hall–Kier alpha value is -3.45. The van der Waals surface area contributed by atoms with E-state index in [1.807, 2.05) is 24.3 Å². The Morgan fingerprint density at radius 2 is 1.97 bits per heavy atom. The molecule has 3 aromatic rings. The summed E-state index contributed by atoms with van der Waals surface area (Å²) in [5, 5.41) is 9.19. The average molecular weight is 389 g/mol. The van der Waals surface area contributed by atoms with E-state index in [0.29, 0.717) is 23.5 Å². The highest BCUT2D eigenvalue weighted by atomic mass is 16.2. The Bertz CT molecular complexity index is 1030. The molecule has 3 heterocycles. The lowest BCUT2D eigenvalue weighted by molar-refractivity contribution is 0.0940. The molecule has 0 radical (unpaired) electrons. The first-order chi connectivity index (χ1) is 14.1. The summed E-state index contributed by atoms with van der Waals surface area (Å²) in [6.07, 6.45) is 3.25. The molecule has 0 saturated carbocycles. The Kier molecular flexibility index (Phi) is 5.39. The van der Waals surface area contributed by atoms with Crippen molar-refractivity contribution in [1.82, 2.24) is 20.2 Å². The summed E-state index contributed by atoms with van der Waals surface area (Å²) in [6.45, 7) is 4.07. The number of benzene rings is 1. The fourth-order valence-corrected chi connectivity index (χ4v) is 3.54. The molecular weight excluding hydrogens is 366 g/mol. The topological polar surface area (TPSA) is 88.0 Å². The van der Waals surface area contributed by atoms with Gasteiger partial charge >= 0.3 is 0 Å². The van der Waals surface area contributed by atoms with Gasteiger partial charge < -0.3 is 20.5 Å². The van der Waals surface area contributed by atoms with Crippen molar-refractivity contribution in [2.24, 2.45) is 0 Å². The zero-order valence-corrected chi connectivity index (χ0v) is 16.2. The van der Waals surface area contributed by atoms with Crippen molar-refractivity contribution in [3.63, 3.8) is 0 Å². The summed E-state index contributed by atoms with van der Waals surface area (Å²) < 4.78 is 2.06. The number of hydrogen-bond acceptors (Lipinski definition) is 4. The zero-order chi connectivity index (χ0) is 20.2. The van der Waals surface area contributed by atoms with E-state index < -0.39 is 0 Å². The van der Waals surface area contributed by atoms with Gasteiger partial charge in [0.1, 0.15) is 5.69 Å². The highest BCUT2D eigenvalue weighted by Gasteiger charge is 2.21. The van der Waals surface area contributed by atoms with E-state index in [0.717, 1.165) is 24.3 Å². The van der Waals surface area contributed by atoms with E-state index in [9.17, 15) is 9.59 Å². The number of nitrogens with one attached hydrogen (secondary N) is 3. The van der Waals surface area contributed by atoms with Gasteiger partial charge in [0, 0.05) is 55.0 Å². The third kappa shape index (κ3) is 4.20. The average Bonchev–Trinajstić information content (AvgIpc) is 3.19. The molecule has 1 unspecified atom stereocenters. The van der Waals surface area contributed by atoms with Crippen LogP contribution in [-0.2, 0) is 13.1 Å². The molecule has 4 rings (SSSR count). The summed E-state index contributed by atoms with van der Waals surface area (Å²) in [5.74, 6) is -0.316. The van der Waals surface area contributed by atoms with Crippen LogP contribution < -0.4 is 16.0 Å². The maximum absolute atomic E-state index is 12.7. The van der Waals surface area contributed by atoms with Crippen LogP contribution >= 0.6 is 0 Å². The number of pyridine rings is 1. The van der Waals surface area contributed by atoms with Crippen LogP contribution in [0.2, 0.25) is 0 Å². The molecule has 3 N–H and O–H groups in total. The van der Waals surface area contributed by atoms with Gasteiger partial charge in [-0.2, -0.15) is 0 Å². The maximum atomic E-state index is 12.7. The molecule has 7 heteroatoms. The van der Waals surface area contributed by atoms with Gasteiger partial charge in [0.05, 0.1) is 0 Å². The number of carbonyl (C=O) groups excluding carboxylic acids is 2. The van der Waals surface area contributed by atoms with E-state index >= 15 is 0 Å². The quantitative estimate of drug-likeness (QED) is 0.626. The second-order valence-electron chi connectivity index (χ2n) is 7.04. The van der Waals surface area contributed by atoms with Crippen molar-refractivity contribution < 1.29 is 9.59 Å². The molecule has 0 saturated heterocycles. The van der Waals surface area contributed by atoms with Gasteiger partial charge in [-0.05, 0) is 48.9 Å². The fourth-order valence-electron chi connectivity index (χ4n) is 3.54. The largest absolute Gasteiger partial charge is 0.347 e. The monoisotopic (exact) mass is 389 g/mol. The van der Waals surface area contributed by atoms with Crippen LogP contribution in [0.25, 0.3) is 0 Å². The van der Waals surface area contributed by atoms with Crippen LogP contribution in [-0.4, -0.2) is 27.9 Å². The Morgan fingerprint density at radius 3 is 2.79 bits per heavy atom. The summed E-state index contributed by atoms with van der Waals surface area (Å²) in [4.78, 5) is 29.1. The SMILES string of the molecule is CC1NCCn2c(C(=O)NCc3cccc(C(=O)Nc4ccncc4)c3)ccc21. The van der Waals surface area contributed by atoms with Gasteiger partial charge in [-0.1, -0.05) is 12.1 Å². The number of amides is 2. The Morgan fingerprint density at radius 1 is 1.14 bits per heavy atom. The number of nitrogens with zero attached hydrogens (tertiary/aromatic N) is 2. The molecule has 0 bridgehead atoms. The molecule has 2 aromatic heterocycles. The maximum Gasteiger partial charge on any atom is 0.268 e. The minimum Gasteiger partial charge on any atom is -0.347 e. The van der Waals surface area contributed by atoms with Crippen LogP contribution in [0.1, 0.15) is 45.1 Å². The first-order valence-corrected chi connectivity index (χ1v) is 9.63. The van der Waals surface area contributed by atoms with Crippen molar-refractivity contribution in [2.75, 3.05) is 11.9 Å². The summed E-state index contributed by atoms with van der Waals surface area (Å²) in [6, 6.07) is 14.8. The van der Waals surface area contributed by atoms with Gasteiger partial charge in [-0.15, -0.1) is 0 Å². The van der Waals surface area contributed by atoms with E-state index in [1.165, 1.54) is 0 Å². The Labute approximate surface area is 169 Å². The van der Waals surface area contributed by atoms with Crippen molar-refractivity contribution in [3.8, 4) is 0 Å². The lowest BCUT2D eigenvalue weighted by atomic mass is 10.1. The standard InChI is InChI=1S/C22H23N5O2/c1-15-19-5-6-20(27(19)12-11-24-15)22(29)25-14-16-3-2-4-17(13-16)21(28)26-18-7-9-23-10-8-18/h2-10,13,15,24H,11-12,14H2,1H3,(H,25,29)(H,23,26,28). The third-order valence-corrected chi connectivity index (χ3v) is 5.06. The molecule has 1 aromatic carbocycles. The number of hydrogen-bond donors (Lipinski definition) is 3. The van der Waals surface area contributed by atoms with Crippen molar-refractivity contribution in [3.05, 3.63) is 83.4 Å². The minimum atomic E-state index is -0.202. The van der Waals surface area contributed by atoms with Crippen molar-refractivity contribution in [1.29, 1.82) is 0 Å². The van der Waals surface area contributed by atoms with Gasteiger partial charge in [0.2, 0.25) is 0 Å².